The van der Waals surface area contributed by atoms with Gasteiger partial charge >= 0.3 is 6.09 Å². The lowest BCUT2D eigenvalue weighted by Crippen LogP contribution is -2.29. The lowest BCUT2D eigenvalue weighted by Gasteiger charge is -2.10. The maximum Gasteiger partial charge on any atom is 0.425 e. The van der Waals surface area contributed by atoms with Gasteiger partial charge in [-0.05, 0) is 44.0 Å². The molecule has 0 aliphatic heterocycles. The Morgan fingerprint density at radius 1 is 1.00 bits per heavy atom. The molecule has 0 aromatic heterocycles. The number of benzene rings is 2. The van der Waals surface area contributed by atoms with Crippen molar-refractivity contribution in [3.05, 3.63) is 64.2 Å². The molecule has 2 aromatic rings. The first kappa shape index (κ1) is 19.5. The predicted octanol–water partition coefficient (Wildman–Crippen LogP) is 4.56. The zero-order valence-electron chi connectivity index (χ0n) is 15.1. The van der Waals surface area contributed by atoms with Crippen molar-refractivity contribution in [1.29, 1.82) is 0 Å². The number of hydrogen-bond donors (Lipinski definition) is 2. The van der Waals surface area contributed by atoms with E-state index in [1.165, 1.54) is 12.7 Å². The quantitative estimate of drug-likeness (QED) is 0.596. The Labute approximate surface area is 157 Å². The van der Waals surface area contributed by atoms with Crippen LogP contribution in [0.2, 0.25) is 5.02 Å². The van der Waals surface area contributed by atoms with Crippen LogP contribution in [0.15, 0.2) is 52.7 Å². The molecule has 0 bridgehead atoms. The second-order valence-corrected chi connectivity index (χ2v) is 6.08. The van der Waals surface area contributed by atoms with Gasteiger partial charge in [0.25, 0.3) is 0 Å². The maximum atomic E-state index is 11.2. The number of ether oxygens (including phenoxy) is 1. The molecule has 2 rings (SSSR count). The van der Waals surface area contributed by atoms with E-state index in [4.69, 9.17) is 11.6 Å². The van der Waals surface area contributed by atoms with Crippen molar-refractivity contribution < 1.29 is 9.53 Å². The van der Waals surface area contributed by atoms with Crippen LogP contribution >= 0.6 is 11.6 Å². The van der Waals surface area contributed by atoms with Gasteiger partial charge in [0.15, 0.2) is 0 Å². The number of hydrazine groups is 1. The number of methoxy groups -OCH3 is 1. The van der Waals surface area contributed by atoms with E-state index in [-0.39, 0.29) is 0 Å². The molecule has 0 aliphatic carbocycles. The van der Waals surface area contributed by atoms with Gasteiger partial charge in [-0.1, -0.05) is 47.5 Å². The van der Waals surface area contributed by atoms with Crippen molar-refractivity contribution in [2.24, 2.45) is 10.2 Å². The molecule has 136 valence electrons. The number of carbonyl (C=O) groups excluding carboxylic acids is 1. The smallest absolute Gasteiger partial charge is 0.425 e. The van der Waals surface area contributed by atoms with Gasteiger partial charge in [0.05, 0.1) is 29.2 Å². The number of hydrogen-bond acceptors (Lipinski definition) is 5. The molecule has 0 fully saturated rings. The van der Waals surface area contributed by atoms with Crippen LogP contribution in [0.4, 0.5) is 10.5 Å². The summed E-state index contributed by atoms with van der Waals surface area (Å²) in [4.78, 5) is 11.2. The minimum atomic E-state index is -0.616. The molecular formula is C19H21ClN4O2. The van der Waals surface area contributed by atoms with E-state index in [0.717, 1.165) is 16.8 Å². The van der Waals surface area contributed by atoms with E-state index in [2.05, 4.69) is 25.8 Å². The number of rotatable bonds is 5. The monoisotopic (exact) mass is 372 g/mol. The maximum absolute atomic E-state index is 11.2. The fraction of sp³-hybridized carbons (Fsp3) is 0.211. The molecule has 0 heterocycles. The molecule has 0 aliphatic rings. The molecule has 0 radical (unpaired) electrons. The van der Waals surface area contributed by atoms with Crippen LogP contribution in [0.1, 0.15) is 30.5 Å². The molecule has 0 saturated carbocycles. The summed E-state index contributed by atoms with van der Waals surface area (Å²) in [6.07, 6.45) is -0.616. The van der Waals surface area contributed by atoms with Crippen LogP contribution in [0, 0.1) is 6.92 Å². The molecule has 1 amide bonds. The largest absolute Gasteiger partial charge is 0.452 e. The summed E-state index contributed by atoms with van der Waals surface area (Å²) in [5.74, 6) is 0. The van der Waals surface area contributed by atoms with E-state index in [1.807, 2.05) is 51.1 Å². The molecule has 0 saturated heterocycles. The Kier molecular flexibility index (Phi) is 6.74. The first-order valence-electron chi connectivity index (χ1n) is 7.96. The van der Waals surface area contributed by atoms with E-state index in [1.54, 1.807) is 12.1 Å². The van der Waals surface area contributed by atoms with Crippen LogP contribution in [0.25, 0.3) is 0 Å². The highest BCUT2D eigenvalue weighted by molar-refractivity contribution is 6.33. The molecule has 0 spiro atoms. The van der Waals surface area contributed by atoms with Gasteiger partial charge in [0.1, 0.15) is 0 Å². The lowest BCUT2D eigenvalue weighted by atomic mass is 10.1. The third-order valence-corrected chi connectivity index (χ3v) is 4.02. The fourth-order valence-corrected chi connectivity index (χ4v) is 2.24. The van der Waals surface area contributed by atoms with Crippen molar-refractivity contribution in [3.8, 4) is 0 Å². The number of aryl methyl sites for hydroxylation is 1. The number of anilines is 1. The number of halogens is 1. The van der Waals surface area contributed by atoms with E-state index < -0.39 is 6.09 Å². The van der Waals surface area contributed by atoms with Crippen LogP contribution in [0.5, 0.6) is 0 Å². The fourth-order valence-electron chi connectivity index (χ4n) is 2.08. The first-order chi connectivity index (χ1) is 12.4. The van der Waals surface area contributed by atoms with Crippen molar-refractivity contribution in [1.82, 2.24) is 5.43 Å². The van der Waals surface area contributed by atoms with Gasteiger partial charge < -0.3 is 4.74 Å². The number of amides is 1. The summed E-state index contributed by atoms with van der Waals surface area (Å²) in [7, 11) is 1.28. The average molecular weight is 373 g/mol. The minimum absolute atomic E-state index is 0.456. The van der Waals surface area contributed by atoms with Crippen LogP contribution in [-0.4, -0.2) is 24.6 Å². The van der Waals surface area contributed by atoms with Gasteiger partial charge in [-0.2, -0.15) is 10.2 Å². The molecule has 7 heteroatoms. The molecule has 6 nitrogen and oxygen atoms in total. The van der Waals surface area contributed by atoms with E-state index in [9.17, 15) is 4.79 Å². The zero-order valence-corrected chi connectivity index (χ0v) is 15.9. The third kappa shape index (κ3) is 5.32. The van der Waals surface area contributed by atoms with E-state index >= 15 is 0 Å². The molecule has 2 N–H and O–H groups in total. The van der Waals surface area contributed by atoms with Crippen LogP contribution in [0.3, 0.4) is 0 Å². The second kappa shape index (κ2) is 9.01. The molecular weight excluding hydrogens is 352 g/mol. The Hall–Kier alpha value is -2.86. The summed E-state index contributed by atoms with van der Waals surface area (Å²) in [6, 6.07) is 13.4. The highest BCUT2D eigenvalue weighted by Crippen LogP contribution is 2.23. The molecule has 0 atom stereocenters. The number of carbonyl (C=O) groups is 1. The van der Waals surface area contributed by atoms with Crippen LogP contribution in [-0.2, 0) is 4.74 Å². The summed E-state index contributed by atoms with van der Waals surface area (Å²) in [5.41, 5.74) is 10.2. The second-order valence-electron chi connectivity index (χ2n) is 5.67. The summed E-state index contributed by atoms with van der Waals surface area (Å²) < 4.78 is 4.51. The molecule has 0 unspecified atom stereocenters. The topological polar surface area (TPSA) is 75.1 Å². The minimum Gasteiger partial charge on any atom is -0.452 e. The zero-order chi connectivity index (χ0) is 19.1. The van der Waals surface area contributed by atoms with Gasteiger partial charge in [0, 0.05) is 0 Å². The van der Waals surface area contributed by atoms with E-state index in [0.29, 0.717) is 16.4 Å². The van der Waals surface area contributed by atoms with Crippen LogP contribution < -0.4 is 10.9 Å². The Balaban J connectivity index is 2.18. The predicted molar refractivity (Wildman–Crippen MR) is 106 cm³/mol. The summed E-state index contributed by atoms with van der Waals surface area (Å²) >= 11 is 6.13. The lowest BCUT2D eigenvalue weighted by molar-refractivity contribution is 0.173. The Morgan fingerprint density at radius 2 is 1.58 bits per heavy atom. The van der Waals surface area contributed by atoms with Gasteiger partial charge in [-0.25, -0.2) is 10.2 Å². The standard InChI is InChI=1S/C19H21ClN4O2/c1-12-5-7-15(8-6-12)13(2)21-22-14(3)16-9-10-17(20)18(11-16)23-24-19(25)26-4/h5-11,23H,1-4H3,(H,24,25)/b21-13+,22-14+. The molecule has 26 heavy (non-hydrogen) atoms. The average Bonchev–Trinajstić information content (AvgIpc) is 2.65. The van der Waals surface area contributed by atoms with Crippen molar-refractivity contribution in [3.63, 3.8) is 0 Å². The number of nitrogens with one attached hydrogen (secondary N) is 2. The van der Waals surface area contributed by atoms with Gasteiger partial charge in [0.2, 0.25) is 0 Å². The molecule has 2 aromatic carbocycles. The first-order valence-corrected chi connectivity index (χ1v) is 8.34. The highest BCUT2D eigenvalue weighted by Gasteiger charge is 2.06. The third-order valence-electron chi connectivity index (χ3n) is 3.69. The van der Waals surface area contributed by atoms with Gasteiger partial charge in [-0.15, -0.1) is 0 Å². The number of nitrogens with zero attached hydrogens (tertiary/aromatic N) is 2. The SMILES string of the molecule is COC(=O)NNc1cc(/C(C)=N/N=C(\C)c2ccc(C)cc2)ccc1Cl. The normalized spacial score (nSPS) is 11.9. The van der Waals surface area contributed by atoms with Crippen molar-refractivity contribution >= 4 is 34.8 Å². The summed E-state index contributed by atoms with van der Waals surface area (Å²) in [6.45, 7) is 5.81. The Bertz CT molecular complexity index is 845. The Morgan fingerprint density at radius 3 is 2.19 bits per heavy atom. The van der Waals surface area contributed by atoms with Gasteiger partial charge in [-0.3, -0.25) is 5.43 Å². The highest BCUT2D eigenvalue weighted by atomic mass is 35.5. The van der Waals surface area contributed by atoms with Crippen molar-refractivity contribution in [2.75, 3.05) is 12.5 Å². The van der Waals surface area contributed by atoms with Crippen molar-refractivity contribution in [2.45, 2.75) is 20.8 Å². The summed E-state index contributed by atoms with van der Waals surface area (Å²) in [5, 5.41) is 9.05.